The lowest BCUT2D eigenvalue weighted by Crippen LogP contribution is -2.18. The fourth-order valence-electron chi connectivity index (χ4n) is 3.02. The third kappa shape index (κ3) is 4.81. The van der Waals surface area contributed by atoms with Crippen LogP contribution in [0.5, 0.6) is 5.75 Å². The molecular weight excluding hydrogens is 431 g/mol. The maximum atomic E-state index is 12.9. The number of carbonyl (C=O) groups is 1. The Labute approximate surface area is 184 Å². The summed E-state index contributed by atoms with van der Waals surface area (Å²) in [6.07, 6.45) is 1.30. The van der Waals surface area contributed by atoms with E-state index in [4.69, 9.17) is 4.74 Å². The van der Waals surface area contributed by atoms with Gasteiger partial charge in [-0.1, -0.05) is 36.4 Å². The predicted molar refractivity (Wildman–Crippen MR) is 120 cm³/mol. The molecule has 0 saturated carbocycles. The zero-order chi connectivity index (χ0) is 22.6. The van der Waals surface area contributed by atoms with E-state index in [0.29, 0.717) is 16.9 Å². The number of rotatable bonds is 6. The number of hydrogen-bond acceptors (Lipinski definition) is 5. The van der Waals surface area contributed by atoms with Gasteiger partial charge in [0, 0.05) is 0 Å². The van der Waals surface area contributed by atoms with E-state index in [1.807, 2.05) is 30.3 Å². The van der Waals surface area contributed by atoms with Crippen LogP contribution in [0.15, 0.2) is 101 Å². The number of fused-ring (bicyclic) bond motifs is 1. The number of sulfonamides is 1. The van der Waals surface area contributed by atoms with E-state index in [2.05, 4.69) is 9.93 Å². The molecule has 0 amide bonds. The molecule has 8 heteroatoms. The standard InChI is InChI=1S/C24H17FN2O4S/c25-19-10-14-21(15-11-19)32(29,30)27-26-16-17-8-12-20(13-9-17)31-24(28)23-7-3-5-18-4-1-2-6-22(18)23/h1-16,27H/b26-16+. The molecule has 1 N–H and O–H groups in total. The fraction of sp³-hybridized carbons (Fsp3) is 0. The Balaban J connectivity index is 1.42. The summed E-state index contributed by atoms with van der Waals surface area (Å²) in [6.45, 7) is 0. The lowest BCUT2D eigenvalue weighted by molar-refractivity contribution is 0.0737. The van der Waals surface area contributed by atoms with Gasteiger partial charge in [-0.25, -0.2) is 14.0 Å². The van der Waals surface area contributed by atoms with Gasteiger partial charge >= 0.3 is 5.97 Å². The Kier molecular flexibility index (Phi) is 5.96. The Morgan fingerprint density at radius 1 is 0.875 bits per heavy atom. The summed E-state index contributed by atoms with van der Waals surface area (Å²) in [4.78, 5) is 14.6. The van der Waals surface area contributed by atoms with Gasteiger partial charge in [0.05, 0.1) is 16.7 Å². The van der Waals surface area contributed by atoms with Gasteiger partial charge in [0.2, 0.25) is 0 Å². The van der Waals surface area contributed by atoms with Crippen LogP contribution >= 0.6 is 0 Å². The number of esters is 1. The van der Waals surface area contributed by atoms with Crippen molar-refractivity contribution < 1.29 is 22.3 Å². The normalized spacial score (nSPS) is 11.5. The van der Waals surface area contributed by atoms with Crippen molar-refractivity contribution in [3.05, 3.63) is 108 Å². The van der Waals surface area contributed by atoms with E-state index in [1.54, 1.807) is 36.4 Å². The highest BCUT2D eigenvalue weighted by molar-refractivity contribution is 7.89. The average Bonchev–Trinajstić information content (AvgIpc) is 2.80. The second-order valence-electron chi connectivity index (χ2n) is 6.79. The molecule has 160 valence electrons. The first kappa shape index (κ1) is 21.2. The van der Waals surface area contributed by atoms with Gasteiger partial charge in [0.25, 0.3) is 10.0 Å². The van der Waals surface area contributed by atoms with E-state index in [1.165, 1.54) is 6.21 Å². The van der Waals surface area contributed by atoms with Crippen molar-refractivity contribution >= 4 is 33.0 Å². The molecule has 0 bridgehead atoms. The summed E-state index contributed by atoms with van der Waals surface area (Å²) >= 11 is 0. The smallest absolute Gasteiger partial charge is 0.344 e. The molecule has 32 heavy (non-hydrogen) atoms. The molecule has 4 aromatic rings. The minimum absolute atomic E-state index is 0.105. The first-order valence-electron chi connectivity index (χ1n) is 9.53. The van der Waals surface area contributed by atoms with Gasteiger partial charge in [-0.15, -0.1) is 0 Å². The van der Waals surface area contributed by atoms with Crippen molar-refractivity contribution in [2.24, 2.45) is 5.10 Å². The lowest BCUT2D eigenvalue weighted by atomic mass is 10.0. The van der Waals surface area contributed by atoms with Crippen molar-refractivity contribution in [3.63, 3.8) is 0 Å². The third-order valence-electron chi connectivity index (χ3n) is 4.61. The SMILES string of the molecule is O=C(Oc1ccc(/C=N/NS(=O)(=O)c2ccc(F)cc2)cc1)c1cccc2ccccc12. The Hall–Kier alpha value is -4.04. The van der Waals surface area contributed by atoms with Crippen molar-refractivity contribution in [3.8, 4) is 5.75 Å². The highest BCUT2D eigenvalue weighted by Gasteiger charge is 2.13. The van der Waals surface area contributed by atoms with E-state index >= 15 is 0 Å². The summed E-state index contributed by atoms with van der Waals surface area (Å²) in [6, 6.07) is 23.8. The minimum Gasteiger partial charge on any atom is -0.423 e. The predicted octanol–water partition coefficient (Wildman–Crippen LogP) is 4.51. The Morgan fingerprint density at radius 3 is 2.31 bits per heavy atom. The molecule has 0 aromatic heterocycles. The van der Waals surface area contributed by atoms with Crippen LogP contribution in [0.4, 0.5) is 4.39 Å². The van der Waals surface area contributed by atoms with Crippen LogP contribution in [0.25, 0.3) is 10.8 Å². The lowest BCUT2D eigenvalue weighted by Gasteiger charge is -2.07. The van der Waals surface area contributed by atoms with E-state index in [9.17, 15) is 17.6 Å². The molecule has 0 atom stereocenters. The van der Waals surface area contributed by atoms with Crippen LogP contribution in [0.1, 0.15) is 15.9 Å². The molecule has 6 nitrogen and oxygen atoms in total. The molecule has 0 aliphatic carbocycles. The van der Waals surface area contributed by atoms with Gasteiger partial charge < -0.3 is 4.74 Å². The molecule has 0 unspecified atom stereocenters. The summed E-state index contributed by atoms with van der Waals surface area (Å²) < 4.78 is 42.7. The topological polar surface area (TPSA) is 84.8 Å². The van der Waals surface area contributed by atoms with Crippen LogP contribution in [0, 0.1) is 5.82 Å². The third-order valence-corrected chi connectivity index (χ3v) is 5.85. The van der Waals surface area contributed by atoms with Crippen molar-refractivity contribution in [1.82, 2.24) is 4.83 Å². The summed E-state index contributed by atoms with van der Waals surface area (Å²) in [5.41, 5.74) is 1.04. The molecule has 0 fully saturated rings. The maximum absolute atomic E-state index is 12.9. The number of carbonyl (C=O) groups excluding carboxylic acids is 1. The van der Waals surface area contributed by atoms with Crippen molar-refractivity contribution in [2.75, 3.05) is 0 Å². The summed E-state index contributed by atoms with van der Waals surface area (Å²) in [7, 11) is -3.90. The number of hydrazone groups is 1. The molecule has 4 rings (SSSR count). The van der Waals surface area contributed by atoms with Gasteiger partial charge in [-0.3, -0.25) is 0 Å². The van der Waals surface area contributed by atoms with Crippen LogP contribution in [0.3, 0.4) is 0 Å². The molecule has 0 spiro atoms. The Morgan fingerprint density at radius 2 is 1.56 bits per heavy atom. The number of nitrogens with one attached hydrogen (secondary N) is 1. The second-order valence-corrected chi connectivity index (χ2v) is 8.45. The van der Waals surface area contributed by atoms with E-state index < -0.39 is 21.8 Å². The highest BCUT2D eigenvalue weighted by Crippen LogP contribution is 2.21. The van der Waals surface area contributed by atoms with Gasteiger partial charge in [0.15, 0.2) is 0 Å². The molecule has 0 heterocycles. The van der Waals surface area contributed by atoms with Crippen LogP contribution in [-0.2, 0) is 10.0 Å². The average molecular weight is 448 g/mol. The zero-order valence-electron chi connectivity index (χ0n) is 16.6. The zero-order valence-corrected chi connectivity index (χ0v) is 17.4. The van der Waals surface area contributed by atoms with E-state index in [-0.39, 0.29) is 4.90 Å². The van der Waals surface area contributed by atoms with Gasteiger partial charge in [-0.2, -0.15) is 13.5 Å². The molecule has 0 aliphatic heterocycles. The second kappa shape index (κ2) is 8.99. The number of nitrogens with zero attached hydrogens (tertiary/aromatic N) is 1. The number of ether oxygens (including phenoxy) is 1. The maximum Gasteiger partial charge on any atom is 0.344 e. The molecule has 4 aromatic carbocycles. The van der Waals surface area contributed by atoms with Crippen molar-refractivity contribution in [2.45, 2.75) is 4.90 Å². The van der Waals surface area contributed by atoms with Gasteiger partial charge in [0.1, 0.15) is 11.6 Å². The first-order valence-corrected chi connectivity index (χ1v) is 11.0. The Bertz CT molecular complexity index is 1400. The highest BCUT2D eigenvalue weighted by atomic mass is 32.2. The fourth-order valence-corrected chi connectivity index (χ4v) is 3.82. The summed E-state index contributed by atoms with van der Waals surface area (Å²) in [5.74, 6) is -0.670. The van der Waals surface area contributed by atoms with Crippen LogP contribution < -0.4 is 9.57 Å². The largest absolute Gasteiger partial charge is 0.423 e. The number of halogens is 1. The molecule has 0 aliphatic rings. The first-order chi connectivity index (χ1) is 15.4. The molecular formula is C24H17FN2O4S. The summed E-state index contributed by atoms with van der Waals surface area (Å²) in [5, 5.41) is 5.46. The van der Waals surface area contributed by atoms with Gasteiger partial charge in [-0.05, 0) is 70.9 Å². The van der Waals surface area contributed by atoms with Crippen LogP contribution in [-0.4, -0.2) is 20.6 Å². The number of benzene rings is 4. The monoisotopic (exact) mass is 448 g/mol. The minimum atomic E-state index is -3.90. The van der Waals surface area contributed by atoms with E-state index in [0.717, 1.165) is 35.0 Å². The number of hydrogen-bond donors (Lipinski definition) is 1. The molecule has 0 radical (unpaired) electrons. The molecule has 0 saturated heterocycles. The van der Waals surface area contributed by atoms with Crippen molar-refractivity contribution in [1.29, 1.82) is 0 Å². The van der Waals surface area contributed by atoms with Crippen LogP contribution in [0.2, 0.25) is 0 Å². The quantitative estimate of drug-likeness (QED) is 0.204.